The highest BCUT2D eigenvalue weighted by Crippen LogP contribution is 2.18. The summed E-state index contributed by atoms with van der Waals surface area (Å²) < 4.78 is 5.09. The van der Waals surface area contributed by atoms with Crippen LogP contribution in [-0.2, 0) is 4.74 Å². The third kappa shape index (κ3) is 8.31. The SMILES string of the molecule is CCNC(=NCC(C)N1CCC(C)CC1)NC1CCN(C(=O)OCC)CC1.I. The fourth-order valence-electron chi connectivity index (χ4n) is 3.74. The van der Waals surface area contributed by atoms with Crippen molar-refractivity contribution >= 4 is 36.0 Å². The Labute approximate surface area is 188 Å². The maximum atomic E-state index is 11.8. The Bertz CT molecular complexity index is 475. The van der Waals surface area contributed by atoms with Crippen LogP contribution in [0.2, 0.25) is 0 Å². The molecule has 28 heavy (non-hydrogen) atoms. The van der Waals surface area contributed by atoms with E-state index in [-0.39, 0.29) is 30.1 Å². The second kappa shape index (κ2) is 13.5. The molecule has 2 aliphatic rings. The highest BCUT2D eigenvalue weighted by molar-refractivity contribution is 14.0. The molecule has 2 N–H and O–H groups in total. The van der Waals surface area contributed by atoms with Crippen LogP contribution in [0.15, 0.2) is 4.99 Å². The van der Waals surface area contributed by atoms with Crippen LogP contribution >= 0.6 is 24.0 Å². The van der Waals surface area contributed by atoms with E-state index in [1.165, 1.54) is 25.9 Å². The molecule has 2 aliphatic heterocycles. The summed E-state index contributed by atoms with van der Waals surface area (Å²) in [7, 11) is 0. The van der Waals surface area contributed by atoms with Crippen molar-refractivity contribution < 1.29 is 9.53 Å². The van der Waals surface area contributed by atoms with Crippen LogP contribution in [0.25, 0.3) is 0 Å². The largest absolute Gasteiger partial charge is 0.450 e. The lowest BCUT2D eigenvalue weighted by Crippen LogP contribution is -2.50. The quantitative estimate of drug-likeness (QED) is 0.328. The van der Waals surface area contributed by atoms with Gasteiger partial charge in [0.1, 0.15) is 0 Å². The molecule has 0 bridgehead atoms. The van der Waals surface area contributed by atoms with Gasteiger partial charge in [0.15, 0.2) is 5.96 Å². The van der Waals surface area contributed by atoms with Gasteiger partial charge in [-0.25, -0.2) is 4.79 Å². The number of carbonyl (C=O) groups is 1. The Hall–Kier alpha value is -0.770. The molecule has 0 spiro atoms. The lowest BCUT2D eigenvalue weighted by atomic mass is 9.98. The number of ether oxygens (including phenoxy) is 1. The van der Waals surface area contributed by atoms with Crippen LogP contribution in [0.3, 0.4) is 0 Å². The lowest BCUT2D eigenvalue weighted by molar-refractivity contribution is 0.0963. The topological polar surface area (TPSA) is 69.2 Å². The first-order valence-electron chi connectivity index (χ1n) is 10.7. The van der Waals surface area contributed by atoms with Gasteiger partial charge in [0.2, 0.25) is 0 Å². The van der Waals surface area contributed by atoms with Crippen molar-refractivity contribution in [3.8, 4) is 0 Å². The summed E-state index contributed by atoms with van der Waals surface area (Å²) >= 11 is 0. The molecule has 0 radical (unpaired) electrons. The van der Waals surface area contributed by atoms with E-state index in [0.717, 1.165) is 50.9 Å². The van der Waals surface area contributed by atoms with Gasteiger partial charge in [0.05, 0.1) is 13.2 Å². The van der Waals surface area contributed by atoms with E-state index in [9.17, 15) is 4.79 Å². The maximum absolute atomic E-state index is 11.8. The predicted octanol–water partition coefficient (Wildman–Crippen LogP) is 2.90. The van der Waals surface area contributed by atoms with Crippen LogP contribution in [-0.4, -0.2) is 79.8 Å². The Morgan fingerprint density at radius 2 is 1.79 bits per heavy atom. The van der Waals surface area contributed by atoms with E-state index >= 15 is 0 Å². The minimum absolute atomic E-state index is 0. The predicted molar refractivity (Wildman–Crippen MR) is 126 cm³/mol. The number of nitrogens with one attached hydrogen (secondary N) is 2. The molecule has 0 aromatic rings. The molecule has 7 nitrogen and oxygen atoms in total. The van der Waals surface area contributed by atoms with Crippen molar-refractivity contribution in [2.24, 2.45) is 10.9 Å². The Balaban J connectivity index is 0.00000392. The number of rotatable bonds is 6. The van der Waals surface area contributed by atoms with Crippen molar-refractivity contribution in [2.75, 3.05) is 45.9 Å². The molecule has 1 unspecified atom stereocenters. The average Bonchev–Trinajstić information content (AvgIpc) is 2.67. The summed E-state index contributed by atoms with van der Waals surface area (Å²) in [5.41, 5.74) is 0. The van der Waals surface area contributed by atoms with Crippen LogP contribution in [0.1, 0.15) is 53.4 Å². The molecule has 0 aliphatic carbocycles. The number of nitrogens with zero attached hydrogens (tertiary/aromatic N) is 3. The van der Waals surface area contributed by atoms with Crippen molar-refractivity contribution in [3.63, 3.8) is 0 Å². The van der Waals surface area contributed by atoms with Crippen LogP contribution in [0, 0.1) is 5.92 Å². The molecule has 2 fully saturated rings. The van der Waals surface area contributed by atoms with Gasteiger partial charge in [-0.1, -0.05) is 6.92 Å². The second-order valence-corrected chi connectivity index (χ2v) is 7.89. The fraction of sp³-hybridized carbons (Fsp3) is 0.900. The van der Waals surface area contributed by atoms with Crippen molar-refractivity contribution in [1.82, 2.24) is 20.4 Å². The van der Waals surface area contributed by atoms with Gasteiger partial charge < -0.3 is 20.3 Å². The molecule has 2 rings (SSSR count). The summed E-state index contributed by atoms with van der Waals surface area (Å²) in [6.45, 7) is 14.5. The summed E-state index contributed by atoms with van der Waals surface area (Å²) in [6, 6.07) is 0.818. The molecule has 0 aromatic heterocycles. The van der Waals surface area contributed by atoms with Crippen molar-refractivity contribution in [2.45, 2.75) is 65.5 Å². The molecular weight excluding hydrogens is 469 g/mol. The zero-order chi connectivity index (χ0) is 19.6. The van der Waals surface area contributed by atoms with E-state index in [4.69, 9.17) is 9.73 Å². The highest BCUT2D eigenvalue weighted by atomic mass is 127. The Morgan fingerprint density at radius 1 is 1.14 bits per heavy atom. The minimum atomic E-state index is -0.193. The first-order valence-corrected chi connectivity index (χ1v) is 10.7. The molecule has 0 saturated carbocycles. The summed E-state index contributed by atoms with van der Waals surface area (Å²) in [6.07, 6.45) is 4.24. The number of carbonyl (C=O) groups excluding carboxylic acids is 1. The Kier molecular flexibility index (Phi) is 12.1. The fourth-order valence-corrected chi connectivity index (χ4v) is 3.74. The van der Waals surface area contributed by atoms with Crippen LogP contribution in [0.4, 0.5) is 4.79 Å². The zero-order valence-corrected chi connectivity index (χ0v) is 20.4. The molecule has 1 atom stereocenters. The van der Waals surface area contributed by atoms with Gasteiger partial charge in [-0.05, 0) is 65.5 Å². The first-order chi connectivity index (χ1) is 13.0. The van der Waals surface area contributed by atoms with E-state index in [0.29, 0.717) is 18.7 Å². The third-order valence-corrected chi connectivity index (χ3v) is 5.66. The van der Waals surface area contributed by atoms with E-state index in [2.05, 4.69) is 36.3 Å². The first kappa shape index (κ1) is 25.3. The number of hydrogen-bond donors (Lipinski definition) is 2. The number of amides is 1. The van der Waals surface area contributed by atoms with Gasteiger partial charge >= 0.3 is 6.09 Å². The number of aliphatic imine (C=N–C) groups is 1. The third-order valence-electron chi connectivity index (χ3n) is 5.66. The van der Waals surface area contributed by atoms with Crippen LogP contribution < -0.4 is 10.6 Å². The summed E-state index contributed by atoms with van der Waals surface area (Å²) in [5.74, 6) is 1.75. The number of guanidine groups is 1. The van der Waals surface area contributed by atoms with Gasteiger partial charge in [-0.2, -0.15) is 0 Å². The lowest BCUT2D eigenvalue weighted by Gasteiger charge is -2.34. The maximum Gasteiger partial charge on any atom is 0.409 e. The second-order valence-electron chi connectivity index (χ2n) is 7.89. The van der Waals surface area contributed by atoms with E-state index < -0.39 is 0 Å². The highest BCUT2D eigenvalue weighted by Gasteiger charge is 2.24. The monoisotopic (exact) mass is 509 g/mol. The van der Waals surface area contributed by atoms with Crippen molar-refractivity contribution in [3.05, 3.63) is 0 Å². The van der Waals surface area contributed by atoms with Gasteiger partial charge in [-0.3, -0.25) is 9.89 Å². The number of likely N-dealkylation sites (tertiary alicyclic amines) is 2. The smallest absolute Gasteiger partial charge is 0.409 e. The molecular formula is C20H40IN5O2. The Morgan fingerprint density at radius 3 is 2.36 bits per heavy atom. The molecule has 8 heteroatoms. The van der Waals surface area contributed by atoms with Gasteiger partial charge in [0, 0.05) is 31.7 Å². The number of piperidine rings is 2. The molecule has 1 amide bonds. The molecule has 2 heterocycles. The van der Waals surface area contributed by atoms with Gasteiger partial charge in [-0.15, -0.1) is 24.0 Å². The van der Waals surface area contributed by atoms with Crippen molar-refractivity contribution in [1.29, 1.82) is 0 Å². The normalized spacial score (nSPS) is 21.0. The molecule has 0 aromatic carbocycles. The van der Waals surface area contributed by atoms with Crippen LogP contribution in [0.5, 0.6) is 0 Å². The summed E-state index contributed by atoms with van der Waals surface area (Å²) in [5, 5.41) is 6.92. The molecule has 164 valence electrons. The number of hydrogen-bond acceptors (Lipinski definition) is 4. The standard InChI is InChI=1S/C20H39N5O2.HI/c1-5-21-19(22-15-17(4)24-11-7-16(3)8-12-24)23-18-9-13-25(14-10-18)20(26)27-6-2;/h16-18H,5-15H2,1-4H3,(H2,21,22,23);1H. The summed E-state index contributed by atoms with van der Waals surface area (Å²) in [4.78, 5) is 21.0. The average molecular weight is 509 g/mol. The number of halogens is 1. The van der Waals surface area contributed by atoms with Gasteiger partial charge in [0.25, 0.3) is 0 Å². The molecule has 2 saturated heterocycles. The zero-order valence-electron chi connectivity index (χ0n) is 18.1. The van der Waals surface area contributed by atoms with E-state index in [1.807, 2.05) is 6.92 Å². The minimum Gasteiger partial charge on any atom is -0.450 e. The van der Waals surface area contributed by atoms with E-state index in [1.54, 1.807) is 4.90 Å².